The number of carbonyl (C=O) groups is 1. The van der Waals surface area contributed by atoms with Crippen LogP contribution in [0.25, 0.3) is 0 Å². The number of ether oxygens (including phenoxy) is 1. The Hall–Kier alpha value is -0.310. The normalized spacial score (nSPS) is 10.8. The number of aromatic nitrogens is 1. The minimum Gasteiger partial charge on any atom is -0.466 e. The van der Waals surface area contributed by atoms with E-state index in [0.717, 1.165) is 0 Å². The molecule has 0 atom stereocenters. The van der Waals surface area contributed by atoms with Crippen molar-refractivity contribution in [2.24, 2.45) is 0 Å². The van der Waals surface area contributed by atoms with Crippen LogP contribution in [-0.4, -0.2) is 17.6 Å². The van der Waals surface area contributed by atoms with E-state index in [1.807, 2.05) is 22.6 Å². The van der Waals surface area contributed by atoms with E-state index in [1.165, 1.54) is 6.20 Å². The molecule has 0 aromatic carbocycles. The van der Waals surface area contributed by atoms with E-state index in [2.05, 4.69) is 20.9 Å². The monoisotopic (exact) mass is 433 g/mol. The zero-order valence-corrected chi connectivity index (χ0v) is 13.3. The molecule has 100 valence electrons. The average Bonchev–Trinajstić information content (AvgIpc) is 2.31. The van der Waals surface area contributed by atoms with Gasteiger partial charge in [-0.05, 0) is 35.1 Å². The molecule has 0 amide bonds. The number of esters is 1. The summed E-state index contributed by atoms with van der Waals surface area (Å²) in [4.78, 5) is 15.4. The third-order valence-electron chi connectivity index (χ3n) is 2.23. The fourth-order valence-corrected chi connectivity index (χ4v) is 2.55. The molecule has 7 heteroatoms. The van der Waals surface area contributed by atoms with Crippen LogP contribution in [0.3, 0.4) is 0 Å². The van der Waals surface area contributed by atoms with Gasteiger partial charge in [-0.15, -0.1) is 0 Å². The van der Waals surface area contributed by atoms with Crippen LogP contribution in [0.4, 0.5) is 8.78 Å². The molecule has 1 aromatic heterocycles. The van der Waals surface area contributed by atoms with E-state index >= 15 is 0 Å². The Kier molecular flexibility index (Phi) is 6.40. The third kappa shape index (κ3) is 3.84. The first kappa shape index (κ1) is 15.7. The number of hydrogen-bond acceptors (Lipinski definition) is 3. The van der Waals surface area contributed by atoms with Gasteiger partial charge in [-0.3, -0.25) is 9.78 Å². The first-order chi connectivity index (χ1) is 8.51. The highest BCUT2D eigenvalue weighted by molar-refractivity contribution is 14.1. The van der Waals surface area contributed by atoms with Crippen molar-refractivity contribution in [3.05, 3.63) is 26.6 Å². The Labute approximate surface area is 126 Å². The lowest BCUT2D eigenvalue weighted by molar-refractivity contribution is -0.142. The molecule has 0 saturated heterocycles. The smallest absolute Gasteiger partial charge is 0.310 e. The summed E-state index contributed by atoms with van der Waals surface area (Å²) in [5.74, 6) is -0.510. The second-order valence-corrected chi connectivity index (χ2v) is 5.08. The van der Waals surface area contributed by atoms with Gasteiger partial charge in [0.05, 0.1) is 18.7 Å². The molecule has 1 heterocycles. The van der Waals surface area contributed by atoms with Gasteiger partial charge in [-0.1, -0.05) is 15.9 Å². The molecule has 1 aromatic rings. The zero-order chi connectivity index (χ0) is 13.7. The van der Waals surface area contributed by atoms with Gasteiger partial charge < -0.3 is 4.74 Å². The molecule has 0 unspecified atom stereocenters. The lowest BCUT2D eigenvalue weighted by Crippen LogP contribution is -2.13. The van der Waals surface area contributed by atoms with Crippen molar-refractivity contribution in [2.75, 3.05) is 6.61 Å². The number of halogens is 4. The number of carbonyl (C=O) groups excluding carboxylic acids is 1. The molecule has 0 N–H and O–H groups in total. The summed E-state index contributed by atoms with van der Waals surface area (Å²) < 4.78 is 31.5. The van der Waals surface area contributed by atoms with Crippen molar-refractivity contribution < 1.29 is 18.3 Å². The van der Waals surface area contributed by atoms with Crippen LogP contribution >= 0.6 is 38.5 Å². The van der Waals surface area contributed by atoms with Gasteiger partial charge in [0.2, 0.25) is 0 Å². The van der Waals surface area contributed by atoms with Crippen molar-refractivity contribution in [3.8, 4) is 0 Å². The van der Waals surface area contributed by atoms with E-state index in [4.69, 9.17) is 4.74 Å². The van der Waals surface area contributed by atoms with Crippen LogP contribution in [0.5, 0.6) is 0 Å². The molecule has 0 saturated carbocycles. The molecule has 0 aliphatic heterocycles. The van der Waals surface area contributed by atoms with E-state index < -0.39 is 12.4 Å². The quantitative estimate of drug-likeness (QED) is 0.404. The van der Waals surface area contributed by atoms with Gasteiger partial charge in [-0.2, -0.15) is 0 Å². The maximum absolute atomic E-state index is 13.1. The number of pyridine rings is 1. The molecule has 18 heavy (non-hydrogen) atoms. The summed E-state index contributed by atoms with van der Waals surface area (Å²) >= 11 is 5.01. The highest BCUT2D eigenvalue weighted by atomic mass is 127. The minimum absolute atomic E-state index is 0.158. The lowest BCUT2D eigenvalue weighted by Gasteiger charge is -2.13. The SMILES string of the molecule is CCOC(=O)Cc1c(I)cnc(CBr)c1C(F)F. The molecule has 0 aliphatic rings. The molecular formula is C11H11BrF2INO2. The molecule has 0 bridgehead atoms. The summed E-state index contributed by atoms with van der Waals surface area (Å²) in [5, 5.41) is 0.222. The second-order valence-electron chi connectivity index (χ2n) is 3.36. The van der Waals surface area contributed by atoms with Gasteiger partial charge in [-0.25, -0.2) is 8.78 Å². The van der Waals surface area contributed by atoms with Gasteiger partial charge in [0.15, 0.2) is 0 Å². The maximum atomic E-state index is 13.1. The predicted molar refractivity (Wildman–Crippen MR) is 74.9 cm³/mol. The Morgan fingerprint density at radius 2 is 2.28 bits per heavy atom. The fraction of sp³-hybridized carbons (Fsp3) is 0.455. The van der Waals surface area contributed by atoms with E-state index in [1.54, 1.807) is 6.92 Å². The van der Waals surface area contributed by atoms with Crippen LogP contribution in [0.15, 0.2) is 6.20 Å². The Balaban J connectivity index is 3.18. The summed E-state index contributed by atoms with van der Waals surface area (Å²) in [6.45, 7) is 1.91. The topological polar surface area (TPSA) is 39.2 Å². The van der Waals surface area contributed by atoms with Gasteiger partial charge in [0.25, 0.3) is 6.43 Å². The van der Waals surface area contributed by atoms with Crippen molar-refractivity contribution in [2.45, 2.75) is 25.1 Å². The van der Waals surface area contributed by atoms with Crippen LogP contribution < -0.4 is 0 Å². The summed E-state index contributed by atoms with van der Waals surface area (Å²) in [5.41, 5.74) is 0.380. The predicted octanol–water partition coefficient (Wildman–Crippen LogP) is 3.62. The van der Waals surface area contributed by atoms with Crippen LogP contribution in [0, 0.1) is 3.57 Å². The Morgan fingerprint density at radius 1 is 1.61 bits per heavy atom. The van der Waals surface area contributed by atoms with E-state index in [-0.39, 0.29) is 29.6 Å². The van der Waals surface area contributed by atoms with Gasteiger partial charge in [0.1, 0.15) is 0 Å². The standard InChI is InChI=1S/C11H11BrF2INO2/c1-2-18-9(17)3-6-7(15)5-16-8(4-12)10(6)11(13)14/h5,11H,2-4H2,1H3. The van der Waals surface area contributed by atoms with Crippen molar-refractivity contribution in [1.82, 2.24) is 4.98 Å². The molecule has 0 spiro atoms. The first-order valence-electron chi connectivity index (χ1n) is 5.17. The minimum atomic E-state index is -2.66. The Morgan fingerprint density at radius 3 is 2.78 bits per heavy atom. The maximum Gasteiger partial charge on any atom is 0.310 e. The fourth-order valence-electron chi connectivity index (χ4n) is 1.49. The van der Waals surface area contributed by atoms with Crippen LogP contribution in [0.2, 0.25) is 0 Å². The molecule has 0 fully saturated rings. The molecule has 3 nitrogen and oxygen atoms in total. The highest BCUT2D eigenvalue weighted by Gasteiger charge is 2.22. The summed E-state index contributed by atoms with van der Waals surface area (Å²) in [6, 6.07) is 0. The number of alkyl halides is 3. The first-order valence-corrected chi connectivity index (χ1v) is 7.37. The lowest BCUT2D eigenvalue weighted by atomic mass is 10.0. The van der Waals surface area contributed by atoms with Crippen molar-refractivity contribution in [3.63, 3.8) is 0 Å². The van der Waals surface area contributed by atoms with E-state index in [0.29, 0.717) is 9.13 Å². The third-order valence-corrected chi connectivity index (χ3v) is 3.69. The van der Waals surface area contributed by atoms with Gasteiger partial charge >= 0.3 is 5.97 Å². The summed E-state index contributed by atoms with van der Waals surface area (Å²) in [7, 11) is 0. The second kappa shape index (κ2) is 7.32. The number of hydrogen-bond donors (Lipinski definition) is 0. The van der Waals surface area contributed by atoms with Crippen LogP contribution in [-0.2, 0) is 21.3 Å². The number of nitrogens with zero attached hydrogens (tertiary/aromatic N) is 1. The molecular weight excluding hydrogens is 423 g/mol. The number of rotatable bonds is 5. The van der Waals surface area contributed by atoms with Crippen molar-refractivity contribution in [1.29, 1.82) is 0 Å². The van der Waals surface area contributed by atoms with E-state index in [9.17, 15) is 13.6 Å². The van der Waals surface area contributed by atoms with Gasteiger partial charge in [0, 0.05) is 20.7 Å². The average molecular weight is 434 g/mol. The molecule has 0 radical (unpaired) electrons. The van der Waals surface area contributed by atoms with Crippen molar-refractivity contribution >= 4 is 44.5 Å². The van der Waals surface area contributed by atoms with Crippen LogP contribution in [0.1, 0.15) is 30.2 Å². The molecule has 1 rings (SSSR count). The molecule has 0 aliphatic carbocycles. The largest absolute Gasteiger partial charge is 0.466 e. The Bertz CT molecular complexity index is 443. The highest BCUT2D eigenvalue weighted by Crippen LogP contribution is 2.30. The summed E-state index contributed by atoms with van der Waals surface area (Å²) in [6.07, 6.45) is -1.34. The zero-order valence-electron chi connectivity index (χ0n) is 9.55.